The van der Waals surface area contributed by atoms with Crippen LogP contribution in [0.25, 0.3) is 0 Å². The molecular weight excluding hydrogens is 368 g/mol. The zero-order chi connectivity index (χ0) is 21.4. The summed E-state index contributed by atoms with van der Waals surface area (Å²) in [4.78, 5) is 48.2. The minimum Gasteiger partial charge on any atom is -0.466 e. The molecule has 0 radical (unpaired) electrons. The number of unbranched alkanes of at least 4 members (excludes halogenated alkanes) is 3. The van der Waals surface area contributed by atoms with Crippen molar-refractivity contribution in [1.29, 1.82) is 0 Å². The van der Waals surface area contributed by atoms with E-state index in [0.717, 1.165) is 26.2 Å². The SMILES string of the molecule is CCCCOC(=O)CC(CC(=O)OC(C)=O)(OCCCC)C(=O)OCCCC. The van der Waals surface area contributed by atoms with E-state index < -0.39 is 42.3 Å². The van der Waals surface area contributed by atoms with Gasteiger partial charge in [-0.15, -0.1) is 0 Å². The lowest BCUT2D eigenvalue weighted by Crippen LogP contribution is -2.47. The first-order chi connectivity index (χ1) is 13.3. The number of carbonyl (C=O) groups is 4. The summed E-state index contributed by atoms with van der Waals surface area (Å²) in [7, 11) is 0. The van der Waals surface area contributed by atoms with E-state index >= 15 is 0 Å². The molecule has 0 aliphatic carbocycles. The molecule has 0 amide bonds. The molecule has 1 unspecified atom stereocenters. The summed E-state index contributed by atoms with van der Waals surface area (Å²) in [5, 5.41) is 0. The average Bonchev–Trinajstić information content (AvgIpc) is 2.61. The van der Waals surface area contributed by atoms with E-state index in [4.69, 9.17) is 14.2 Å². The molecule has 0 fully saturated rings. The van der Waals surface area contributed by atoms with Crippen molar-refractivity contribution in [3.8, 4) is 0 Å². The molecule has 162 valence electrons. The van der Waals surface area contributed by atoms with Gasteiger partial charge in [0.25, 0.3) is 0 Å². The van der Waals surface area contributed by atoms with Gasteiger partial charge in [0, 0.05) is 13.5 Å². The van der Waals surface area contributed by atoms with Gasteiger partial charge < -0.3 is 18.9 Å². The van der Waals surface area contributed by atoms with E-state index in [1.54, 1.807) is 0 Å². The second-order valence-corrected chi connectivity index (χ2v) is 6.58. The van der Waals surface area contributed by atoms with E-state index in [2.05, 4.69) is 4.74 Å². The number of esters is 4. The van der Waals surface area contributed by atoms with Crippen LogP contribution in [0, 0.1) is 0 Å². The molecule has 0 N–H and O–H groups in total. The van der Waals surface area contributed by atoms with Gasteiger partial charge in [-0.2, -0.15) is 0 Å². The normalized spacial score (nSPS) is 12.7. The minimum absolute atomic E-state index is 0.140. The highest BCUT2D eigenvalue weighted by atomic mass is 16.6. The van der Waals surface area contributed by atoms with Gasteiger partial charge in [0.1, 0.15) is 0 Å². The van der Waals surface area contributed by atoms with Crippen LogP contribution in [0.2, 0.25) is 0 Å². The van der Waals surface area contributed by atoms with Crippen LogP contribution >= 0.6 is 0 Å². The van der Waals surface area contributed by atoms with Crippen LogP contribution in [0.4, 0.5) is 0 Å². The molecule has 8 heteroatoms. The van der Waals surface area contributed by atoms with Gasteiger partial charge in [0.2, 0.25) is 0 Å². The molecule has 0 aliphatic heterocycles. The van der Waals surface area contributed by atoms with Crippen LogP contribution in [0.15, 0.2) is 0 Å². The van der Waals surface area contributed by atoms with Crippen molar-refractivity contribution in [2.75, 3.05) is 19.8 Å². The van der Waals surface area contributed by atoms with Crippen molar-refractivity contribution < 1.29 is 38.1 Å². The zero-order valence-corrected chi connectivity index (χ0v) is 17.5. The molecule has 0 aromatic carbocycles. The maximum Gasteiger partial charge on any atom is 0.339 e. The van der Waals surface area contributed by atoms with Crippen LogP contribution < -0.4 is 0 Å². The Labute approximate surface area is 167 Å². The summed E-state index contributed by atoms with van der Waals surface area (Å²) in [6.07, 6.45) is 3.29. The Morgan fingerprint density at radius 1 is 0.714 bits per heavy atom. The van der Waals surface area contributed by atoms with Crippen molar-refractivity contribution >= 4 is 23.9 Å². The minimum atomic E-state index is -1.88. The summed E-state index contributed by atoms with van der Waals surface area (Å²) in [6, 6.07) is 0. The molecule has 0 aliphatic rings. The van der Waals surface area contributed by atoms with Crippen LogP contribution in [0.3, 0.4) is 0 Å². The first kappa shape index (κ1) is 26.0. The van der Waals surface area contributed by atoms with Crippen molar-refractivity contribution in [3.63, 3.8) is 0 Å². The molecule has 1 atom stereocenters. The highest BCUT2D eigenvalue weighted by Crippen LogP contribution is 2.26. The molecular formula is C20H34O8. The van der Waals surface area contributed by atoms with Gasteiger partial charge in [-0.1, -0.05) is 40.0 Å². The molecule has 0 aromatic rings. The maximum atomic E-state index is 12.8. The number of hydrogen-bond acceptors (Lipinski definition) is 8. The summed E-state index contributed by atoms with van der Waals surface area (Å²) in [6.45, 7) is 7.41. The van der Waals surface area contributed by atoms with Crippen LogP contribution in [-0.4, -0.2) is 49.3 Å². The number of hydrogen-bond donors (Lipinski definition) is 0. The van der Waals surface area contributed by atoms with E-state index in [-0.39, 0.29) is 19.8 Å². The number of rotatable bonds is 15. The second kappa shape index (κ2) is 15.0. The van der Waals surface area contributed by atoms with Crippen molar-refractivity contribution in [2.45, 2.75) is 84.7 Å². The third-order valence-electron chi connectivity index (χ3n) is 3.86. The zero-order valence-electron chi connectivity index (χ0n) is 17.5. The van der Waals surface area contributed by atoms with Gasteiger partial charge in [-0.25, -0.2) is 4.79 Å². The molecule has 0 saturated heterocycles. The fourth-order valence-corrected chi connectivity index (χ4v) is 2.26. The van der Waals surface area contributed by atoms with Crippen molar-refractivity contribution in [1.82, 2.24) is 0 Å². The van der Waals surface area contributed by atoms with Crippen LogP contribution in [0.5, 0.6) is 0 Å². The maximum absolute atomic E-state index is 12.8. The standard InChI is InChI=1S/C20H34O8/c1-5-8-11-25-17(22)14-20(27-13-10-7-3,15-18(23)28-16(4)21)19(24)26-12-9-6-2/h5-15H2,1-4H3. The number of ether oxygens (including phenoxy) is 4. The van der Waals surface area contributed by atoms with E-state index in [9.17, 15) is 19.2 Å². The van der Waals surface area contributed by atoms with Gasteiger partial charge in [0.15, 0.2) is 5.60 Å². The second-order valence-electron chi connectivity index (χ2n) is 6.58. The monoisotopic (exact) mass is 402 g/mol. The lowest BCUT2D eigenvalue weighted by atomic mass is 9.94. The van der Waals surface area contributed by atoms with E-state index in [1.807, 2.05) is 20.8 Å². The van der Waals surface area contributed by atoms with Crippen LogP contribution in [0.1, 0.15) is 79.1 Å². The molecule has 0 aromatic heterocycles. The first-order valence-electron chi connectivity index (χ1n) is 9.99. The average molecular weight is 402 g/mol. The summed E-state index contributed by atoms with van der Waals surface area (Å²) < 4.78 is 20.6. The quantitative estimate of drug-likeness (QED) is 0.178. The Hall–Kier alpha value is -1.96. The highest BCUT2D eigenvalue weighted by Gasteiger charge is 2.46. The molecule has 0 saturated carbocycles. The smallest absolute Gasteiger partial charge is 0.339 e. The fraction of sp³-hybridized carbons (Fsp3) is 0.800. The predicted octanol–water partition coefficient (Wildman–Crippen LogP) is 3.10. The Bertz CT molecular complexity index is 502. The molecule has 0 heterocycles. The Kier molecular flexibility index (Phi) is 14.0. The number of carbonyl (C=O) groups excluding carboxylic acids is 4. The Balaban J connectivity index is 5.47. The van der Waals surface area contributed by atoms with Gasteiger partial charge >= 0.3 is 23.9 Å². The van der Waals surface area contributed by atoms with Crippen molar-refractivity contribution in [2.24, 2.45) is 0 Å². The summed E-state index contributed by atoms with van der Waals surface area (Å²) >= 11 is 0. The third kappa shape index (κ3) is 11.0. The third-order valence-corrected chi connectivity index (χ3v) is 3.86. The van der Waals surface area contributed by atoms with E-state index in [1.165, 1.54) is 0 Å². The van der Waals surface area contributed by atoms with Gasteiger partial charge in [-0.3, -0.25) is 14.4 Å². The van der Waals surface area contributed by atoms with E-state index in [0.29, 0.717) is 19.3 Å². The van der Waals surface area contributed by atoms with Gasteiger partial charge in [0.05, 0.1) is 26.1 Å². The topological polar surface area (TPSA) is 105 Å². The molecule has 0 rings (SSSR count). The molecule has 0 bridgehead atoms. The van der Waals surface area contributed by atoms with Crippen molar-refractivity contribution in [3.05, 3.63) is 0 Å². The molecule has 8 nitrogen and oxygen atoms in total. The summed E-state index contributed by atoms with van der Waals surface area (Å²) in [5.74, 6) is -3.27. The Morgan fingerprint density at radius 2 is 1.21 bits per heavy atom. The predicted molar refractivity (Wildman–Crippen MR) is 101 cm³/mol. The largest absolute Gasteiger partial charge is 0.466 e. The molecule has 0 spiro atoms. The fourth-order valence-electron chi connectivity index (χ4n) is 2.26. The first-order valence-corrected chi connectivity index (χ1v) is 9.99. The summed E-state index contributed by atoms with van der Waals surface area (Å²) in [5.41, 5.74) is -1.88. The molecule has 28 heavy (non-hydrogen) atoms. The highest BCUT2D eigenvalue weighted by molar-refractivity contribution is 5.93. The van der Waals surface area contributed by atoms with Crippen LogP contribution in [-0.2, 0) is 38.1 Å². The lowest BCUT2D eigenvalue weighted by molar-refractivity contribution is -0.186. The van der Waals surface area contributed by atoms with Gasteiger partial charge in [-0.05, 0) is 19.3 Å². The Morgan fingerprint density at radius 3 is 1.75 bits per heavy atom. The lowest BCUT2D eigenvalue weighted by Gasteiger charge is -2.30.